The molecule has 0 bridgehead atoms. The summed E-state index contributed by atoms with van der Waals surface area (Å²) in [4.78, 5) is 43.8. The van der Waals surface area contributed by atoms with Crippen molar-refractivity contribution in [3.8, 4) is 0 Å². The Bertz CT molecular complexity index is 903. The van der Waals surface area contributed by atoms with Gasteiger partial charge in [0.15, 0.2) is 0 Å². The Morgan fingerprint density at radius 1 is 0.667 bits per heavy atom. The third-order valence-corrected chi connectivity index (χ3v) is 11.2. The molecule has 54 heavy (non-hydrogen) atoms. The minimum Gasteiger partial charge on any atom is -0.394 e. The average Bonchev–Trinajstić information content (AvgIpc) is 3.14. The first-order valence-electron chi connectivity index (χ1n) is 21.2. The van der Waals surface area contributed by atoms with Gasteiger partial charge in [-0.2, -0.15) is 11.8 Å². The van der Waals surface area contributed by atoms with Gasteiger partial charge in [0, 0.05) is 37.4 Å². The van der Waals surface area contributed by atoms with Crippen LogP contribution in [0.15, 0.2) is 0 Å². The fourth-order valence-corrected chi connectivity index (χ4v) is 7.09. The molecule has 0 aromatic rings. The fraction of sp³-hybridized carbons (Fsp3) is 0.925. The number of aliphatic hydroxyl groups excluding tert-OH is 1. The van der Waals surface area contributed by atoms with Crippen LogP contribution in [-0.2, 0) is 28.5 Å². The molecule has 7 N–H and O–H groups in total. The Labute approximate surface area is 333 Å². The van der Waals surface area contributed by atoms with Crippen molar-refractivity contribution in [2.75, 3.05) is 77.1 Å². The highest BCUT2D eigenvalue weighted by Gasteiger charge is 2.23. The Morgan fingerprint density at radius 2 is 1.17 bits per heavy atom. The lowest BCUT2D eigenvalue weighted by Crippen LogP contribution is -2.54. The average molecular weight is 812 g/mol. The van der Waals surface area contributed by atoms with E-state index < -0.39 is 37.8 Å². The predicted molar refractivity (Wildman–Crippen MR) is 227 cm³/mol. The highest BCUT2D eigenvalue weighted by molar-refractivity contribution is 7.99. The van der Waals surface area contributed by atoms with Crippen LogP contribution in [0.4, 0.5) is 0 Å². The number of ether oxygens (including phenoxy) is 4. The van der Waals surface area contributed by atoms with Crippen LogP contribution in [0.5, 0.6) is 0 Å². The molecule has 0 aromatic carbocycles. The molecule has 0 aromatic heterocycles. The van der Waals surface area contributed by atoms with E-state index in [9.17, 15) is 24.5 Å². The van der Waals surface area contributed by atoms with E-state index in [0.29, 0.717) is 24.7 Å². The van der Waals surface area contributed by atoms with Crippen LogP contribution in [0.2, 0.25) is 0 Å². The van der Waals surface area contributed by atoms with Crippen LogP contribution >= 0.6 is 19.1 Å². The maximum absolute atomic E-state index is 12.8. The number of hydrogen-bond donors (Lipinski definition) is 6. The molecular weight excluding hydrogens is 729 g/mol. The number of aliphatic hydroxyl groups is 1. The summed E-state index contributed by atoms with van der Waals surface area (Å²) in [7, 11) is -3.09. The number of amides is 2. The van der Waals surface area contributed by atoms with Crippen LogP contribution in [-0.4, -0.2) is 128 Å². The second-order valence-electron chi connectivity index (χ2n) is 14.4. The molecule has 0 rings (SSSR count). The zero-order valence-corrected chi connectivity index (χ0v) is 36.0. The topological polar surface area (TPSA) is 182 Å². The number of rotatable bonds is 42. The van der Waals surface area contributed by atoms with Gasteiger partial charge >= 0.3 is 0 Å². The van der Waals surface area contributed by atoms with Crippen molar-refractivity contribution in [1.29, 1.82) is 0 Å². The summed E-state index contributed by atoms with van der Waals surface area (Å²) >= 11 is 1.53. The summed E-state index contributed by atoms with van der Waals surface area (Å²) in [6, 6.07) is -1.99. The van der Waals surface area contributed by atoms with E-state index in [1.54, 1.807) is 0 Å². The van der Waals surface area contributed by atoms with E-state index in [1.165, 1.54) is 121 Å². The molecule has 0 radical (unpaired) electrons. The first kappa shape index (κ1) is 53.3. The van der Waals surface area contributed by atoms with E-state index in [2.05, 4.69) is 30.8 Å². The quantitative estimate of drug-likeness (QED) is 0.0306. The zero-order valence-electron chi connectivity index (χ0n) is 34.3. The van der Waals surface area contributed by atoms with Gasteiger partial charge in [0.2, 0.25) is 11.8 Å². The lowest BCUT2D eigenvalue weighted by molar-refractivity contribution is -0.130. The van der Waals surface area contributed by atoms with Gasteiger partial charge in [-0.3, -0.25) is 9.59 Å². The van der Waals surface area contributed by atoms with E-state index in [1.807, 2.05) is 0 Å². The molecular formula is C40H82N3O9PS. The second kappa shape index (κ2) is 39.1. The third kappa shape index (κ3) is 36.9. The van der Waals surface area contributed by atoms with Crippen LogP contribution < -0.4 is 16.4 Å². The third-order valence-electron chi connectivity index (χ3n) is 9.06. The highest BCUT2D eigenvalue weighted by Crippen LogP contribution is 2.32. The molecule has 0 heterocycles. The number of nitrogens with one attached hydrogen (secondary N) is 2. The lowest BCUT2D eigenvalue weighted by atomic mass is 10.1. The first-order chi connectivity index (χ1) is 26.1. The summed E-state index contributed by atoms with van der Waals surface area (Å²) in [6.07, 6.45) is 28.9. The monoisotopic (exact) mass is 812 g/mol. The molecule has 0 saturated carbocycles. The standard InChI is InChI=1S/C40H82N3O9PS/c1-4-6-8-10-12-14-16-18-20-22-25-51-33-36(52-26-23-21-19-17-15-13-11-9-7-5-2)34-54-35-37(41)39(45)43-38(32-44)40(46)42-24-27-49-28-29-50-30-31-53(3,47)48/h36-38,44,47-48H,3-35,41H2,1-2H3,(H,42,46)(H,43,45)/t36?,37-,38-/m0/s1. The Hall–Kier alpha value is -0.730. The van der Waals surface area contributed by atoms with Crippen molar-refractivity contribution in [3.63, 3.8) is 0 Å². The number of hydrogen-bond acceptors (Lipinski definition) is 11. The molecule has 1 unspecified atom stereocenters. The molecule has 0 aliphatic carbocycles. The summed E-state index contributed by atoms with van der Waals surface area (Å²) in [5, 5.41) is 14.9. The largest absolute Gasteiger partial charge is 0.394 e. The Kier molecular flexibility index (Phi) is 38.6. The number of unbranched alkanes of at least 4 members (excludes halogenated alkanes) is 18. The second-order valence-corrected chi connectivity index (χ2v) is 17.7. The van der Waals surface area contributed by atoms with Gasteiger partial charge in [0.05, 0.1) is 51.8 Å². The van der Waals surface area contributed by atoms with Gasteiger partial charge in [0.1, 0.15) is 13.4 Å². The molecule has 2 amide bonds. The number of nitrogens with two attached hydrogens (primary N) is 1. The van der Waals surface area contributed by atoms with Crippen molar-refractivity contribution < 1.29 is 43.4 Å². The lowest BCUT2D eigenvalue weighted by Gasteiger charge is -2.21. The minimum absolute atomic E-state index is 0.0859. The van der Waals surface area contributed by atoms with Crippen LogP contribution in [0.1, 0.15) is 142 Å². The zero-order chi connectivity index (χ0) is 40.0. The van der Waals surface area contributed by atoms with Crippen molar-refractivity contribution in [3.05, 3.63) is 0 Å². The smallest absolute Gasteiger partial charge is 0.245 e. The maximum Gasteiger partial charge on any atom is 0.245 e. The van der Waals surface area contributed by atoms with Gasteiger partial charge in [-0.1, -0.05) is 136 Å². The fourth-order valence-electron chi connectivity index (χ4n) is 5.67. The molecule has 0 fully saturated rings. The molecule has 3 atom stereocenters. The van der Waals surface area contributed by atoms with E-state index >= 15 is 0 Å². The van der Waals surface area contributed by atoms with Crippen molar-refractivity contribution in [1.82, 2.24) is 10.6 Å². The predicted octanol–water partition coefficient (Wildman–Crippen LogP) is 6.18. The van der Waals surface area contributed by atoms with Gasteiger partial charge in [-0.15, -0.1) is 0 Å². The molecule has 0 aliphatic heterocycles. The summed E-state index contributed by atoms with van der Waals surface area (Å²) in [6.45, 7) is 6.94. The Balaban J connectivity index is 4.45. The summed E-state index contributed by atoms with van der Waals surface area (Å²) < 4.78 is 22.9. The van der Waals surface area contributed by atoms with Gasteiger partial charge in [0.25, 0.3) is 0 Å². The highest BCUT2D eigenvalue weighted by atomic mass is 32.2. The molecule has 322 valence electrons. The number of thioether (sulfide) groups is 1. The van der Waals surface area contributed by atoms with Crippen LogP contribution in [0.3, 0.4) is 0 Å². The molecule has 0 aliphatic rings. The van der Waals surface area contributed by atoms with E-state index in [-0.39, 0.29) is 45.2 Å². The van der Waals surface area contributed by atoms with E-state index in [4.69, 9.17) is 24.7 Å². The van der Waals surface area contributed by atoms with Gasteiger partial charge in [-0.25, -0.2) is 0 Å². The van der Waals surface area contributed by atoms with Crippen molar-refractivity contribution in [2.45, 2.75) is 160 Å². The van der Waals surface area contributed by atoms with Crippen LogP contribution in [0.25, 0.3) is 0 Å². The maximum atomic E-state index is 12.8. The Morgan fingerprint density at radius 3 is 1.69 bits per heavy atom. The normalized spacial score (nSPS) is 13.5. The van der Waals surface area contributed by atoms with Gasteiger partial charge < -0.3 is 50.2 Å². The van der Waals surface area contributed by atoms with Crippen molar-refractivity contribution >= 4 is 37.2 Å². The molecule has 0 saturated heterocycles. The SMILES string of the molecule is C=P(O)(O)CCOCCOCCNC(=O)[C@H](CO)NC(=O)[C@@H](N)CSCC(COCCCCCCCCCCCC)OCCCCCCCCCCCC. The number of carbonyl (C=O) groups is 2. The van der Waals surface area contributed by atoms with Gasteiger partial charge in [-0.05, 0) is 12.8 Å². The summed E-state index contributed by atoms with van der Waals surface area (Å²) in [5.74, 6) is -0.0597. The molecule has 12 nitrogen and oxygen atoms in total. The van der Waals surface area contributed by atoms with Crippen LogP contribution in [0, 0.1) is 0 Å². The molecule has 14 heteroatoms. The summed E-state index contributed by atoms with van der Waals surface area (Å²) in [5.41, 5.74) is 6.17. The van der Waals surface area contributed by atoms with Crippen molar-refractivity contribution in [2.24, 2.45) is 5.73 Å². The molecule has 0 spiro atoms. The number of carbonyl (C=O) groups excluding carboxylic acids is 2. The van der Waals surface area contributed by atoms with E-state index in [0.717, 1.165) is 25.9 Å². The minimum atomic E-state index is -3.09. The first-order valence-corrected chi connectivity index (χ1v) is 24.4.